The fourth-order valence-electron chi connectivity index (χ4n) is 2.76. The molecule has 2 fully saturated rings. The number of Topliss-reactive ketones (excluding diaryl/α,β-unsaturated/α-hetero) is 1. The molecule has 0 aromatic heterocycles. The van der Waals surface area contributed by atoms with Crippen molar-refractivity contribution in [3.8, 4) is 0 Å². The number of hydrogen-bond donors (Lipinski definition) is 0. The summed E-state index contributed by atoms with van der Waals surface area (Å²) in [5.41, 5.74) is 0. The van der Waals surface area contributed by atoms with E-state index in [0.29, 0.717) is 12.5 Å². The first-order chi connectivity index (χ1) is 8.09. The van der Waals surface area contributed by atoms with Crippen molar-refractivity contribution in [3.63, 3.8) is 0 Å². The zero-order valence-corrected chi connectivity index (χ0v) is 10.5. The van der Waals surface area contributed by atoms with E-state index in [1.807, 2.05) is 7.05 Å². The van der Waals surface area contributed by atoms with Crippen LogP contribution in [0.3, 0.4) is 0 Å². The van der Waals surface area contributed by atoms with Crippen molar-refractivity contribution in [2.45, 2.75) is 25.8 Å². The monoisotopic (exact) mass is 240 g/mol. The topological polar surface area (TPSA) is 49.9 Å². The lowest BCUT2D eigenvalue weighted by atomic mass is 9.91. The second-order valence-electron chi connectivity index (χ2n) is 4.99. The molecule has 2 aliphatic rings. The van der Waals surface area contributed by atoms with E-state index in [4.69, 9.17) is 4.74 Å². The molecule has 0 aliphatic carbocycles. The largest absolute Gasteiger partial charge is 0.381 e. The predicted octanol–water partition coefficient (Wildman–Crippen LogP) is 0.738. The lowest BCUT2D eigenvalue weighted by Crippen LogP contribution is -2.38. The van der Waals surface area contributed by atoms with E-state index in [0.717, 1.165) is 26.1 Å². The van der Waals surface area contributed by atoms with Crippen LogP contribution in [0, 0.1) is 5.92 Å². The maximum atomic E-state index is 12.0. The Morgan fingerprint density at radius 3 is 2.65 bits per heavy atom. The first-order valence-corrected chi connectivity index (χ1v) is 6.18. The predicted molar refractivity (Wildman–Crippen MR) is 62.7 cm³/mol. The van der Waals surface area contributed by atoms with Crippen LogP contribution in [0.1, 0.15) is 19.8 Å². The molecule has 5 heteroatoms. The normalized spacial score (nSPS) is 26.7. The standard InChI is InChI=1S/C12H20N2O3/c1-9(15)7-14-8-11(13(2)12(14)16)10-3-5-17-6-4-10/h10-11H,3-8H2,1-2H3. The first-order valence-electron chi connectivity index (χ1n) is 6.18. The van der Waals surface area contributed by atoms with Crippen LogP contribution in [-0.2, 0) is 9.53 Å². The molecule has 2 amide bonds. The van der Waals surface area contributed by atoms with Gasteiger partial charge in [0.25, 0.3) is 0 Å². The Bertz CT molecular complexity index is 313. The highest BCUT2D eigenvalue weighted by Crippen LogP contribution is 2.27. The average molecular weight is 240 g/mol. The Morgan fingerprint density at radius 2 is 2.06 bits per heavy atom. The highest BCUT2D eigenvalue weighted by molar-refractivity contribution is 5.85. The summed E-state index contributed by atoms with van der Waals surface area (Å²) in [6, 6.07) is 0.224. The summed E-state index contributed by atoms with van der Waals surface area (Å²) in [6.45, 7) is 4.02. The van der Waals surface area contributed by atoms with Crippen LogP contribution < -0.4 is 0 Å². The summed E-state index contributed by atoms with van der Waals surface area (Å²) in [6.07, 6.45) is 2.02. The zero-order valence-electron chi connectivity index (χ0n) is 10.5. The molecule has 2 aliphatic heterocycles. The van der Waals surface area contributed by atoms with E-state index in [1.165, 1.54) is 6.92 Å². The van der Waals surface area contributed by atoms with Crippen LogP contribution in [0.2, 0.25) is 0 Å². The van der Waals surface area contributed by atoms with E-state index in [9.17, 15) is 9.59 Å². The third-order valence-corrected chi connectivity index (χ3v) is 3.70. The third kappa shape index (κ3) is 2.60. The summed E-state index contributed by atoms with van der Waals surface area (Å²) in [5, 5.41) is 0. The van der Waals surface area contributed by atoms with Crippen LogP contribution in [-0.4, -0.2) is 61.0 Å². The van der Waals surface area contributed by atoms with Crippen LogP contribution in [0.25, 0.3) is 0 Å². The smallest absolute Gasteiger partial charge is 0.320 e. The van der Waals surface area contributed by atoms with Crippen molar-refractivity contribution in [3.05, 3.63) is 0 Å². The van der Waals surface area contributed by atoms with Gasteiger partial charge in [0, 0.05) is 26.8 Å². The lowest BCUT2D eigenvalue weighted by Gasteiger charge is -2.30. The van der Waals surface area contributed by atoms with E-state index in [-0.39, 0.29) is 24.4 Å². The van der Waals surface area contributed by atoms with Gasteiger partial charge in [0.15, 0.2) is 0 Å². The number of likely N-dealkylation sites (N-methyl/N-ethyl adjacent to an activating group) is 1. The van der Waals surface area contributed by atoms with Gasteiger partial charge in [-0.2, -0.15) is 0 Å². The van der Waals surface area contributed by atoms with Crippen LogP contribution in [0.15, 0.2) is 0 Å². The molecule has 96 valence electrons. The SMILES string of the molecule is CC(=O)CN1CC(C2CCOCC2)N(C)C1=O. The highest BCUT2D eigenvalue weighted by atomic mass is 16.5. The maximum Gasteiger partial charge on any atom is 0.320 e. The zero-order chi connectivity index (χ0) is 12.4. The molecule has 0 bridgehead atoms. The van der Waals surface area contributed by atoms with Crippen molar-refractivity contribution >= 4 is 11.8 Å². The molecule has 5 nitrogen and oxygen atoms in total. The fourth-order valence-corrected chi connectivity index (χ4v) is 2.76. The van der Waals surface area contributed by atoms with E-state index >= 15 is 0 Å². The lowest BCUT2D eigenvalue weighted by molar-refractivity contribution is -0.117. The summed E-state index contributed by atoms with van der Waals surface area (Å²) < 4.78 is 5.34. The van der Waals surface area contributed by atoms with Crippen LogP contribution in [0.4, 0.5) is 4.79 Å². The van der Waals surface area contributed by atoms with Crippen molar-refractivity contribution < 1.29 is 14.3 Å². The van der Waals surface area contributed by atoms with Crippen molar-refractivity contribution in [1.82, 2.24) is 9.80 Å². The van der Waals surface area contributed by atoms with Gasteiger partial charge in [-0.05, 0) is 25.7 Å². The molecule has 0 radical (unpaired) electrons. The minimum Gasteiger partial charge on any atom is -0.381 e. The molecular formula is C12H20N2O3. The van der Waals surface area contributed by atoms with Gasteiger partial charge >= 0.3 is 6.03 Å². The van der Waals surface area contributed by atoms with Gasteiger partial charge in [-0.3, -0.25) is 4.79 Å². The summed E-state index contributed by atoms with van der Waals surface area (Å²) in [4.78, 5) is 26.5. The van der Waals surface area contributed by atoms with Gasteiger partial charge in [0.2, 0.25) is 0 Å². The molecule has 2 saturated heterocycles. The molecule has 0 saturated carbocycles. The van der Waals surface area contributed by atoms with Gasteiger partial charge < -0.3 is 14.5 Å². The minimum absolute atomic E-state index is 0.0170. The summed E-state index contributed by atoms with van der Waals surface area (Å²) >= 11 is 0. The molecule has 0 aromatic rings. The molecule has 0 aromatic carbocycles. The Kier molecular flexibility index (Phi) is 3.66. The molecule has 0 spiro atoms. The first kappa shape index (κ1) is 12.4. The molecule has 1 atom stereocenters. The van der Waals surface area contributed by atoms with Crippen molar-refractivity contribution in [2.75, 3.05) is 33.4 Å². The molecule has 2 heterocycles. The number of carbonyl (C=O) groups excluding carboxylic acids is 2. The minimum atomic E-state index is -0.0170. The molecular weight excluding hydrogens is 220 g/mol. The van der Waals surface area contributed by atoms with E-state index < -0.39 is 0 Å². The Labute approximate surface area is 102 Å². The summed E-state index contributed by atoms with van der Waals surface area (Å²) in [7, 11) is 1.84. The fraction of sp³-hybridized carbons (Fsp3) is 0.833. The molecule has 17 heavy (non-hydrogen) atoms. The van der Waals surface area contributed by atoms with Crippen LogP contribution >= 0.6 is 0 Å². The molecule has 0 N–H and O–H groups in total. The number of urea groups is 1. The Morgan fingerprint density at radius 1 is 1.41 bits per heavy atom. The average Bonchev–Trinajstić information content (AvgIpc) is 2.58. The quantitative estimate of drug-likeness (QED) is 0.731. The van der Waals surface area contributed by atoms with Gasteiger partial charge in [-0.15, -0.1) is 0 Å². The van der Waals surface area contributed by atoms with Gasteiger partial charge in [0.05, 0.1) is 12.6 Å². The van der Waals surface area contributed by atoms with Gasteiger partial charge in [-0.25, -0.2) is 4.79 Å². The number of ketones is 1. The van der Waals surface area contributed by atoms with Crippen LogP contribution in [0.5, 0.6) is 0 Å². The number of ether oxygens (including phenoxy) is 1. The Hall–Kier alpha value is -1.10. The number of nitrogens with zero attached hydrogens (tertiary/aromatic N) is 2. The summed E-state index contributed by atoms with van der Waals surface area (Å²) in [5.74, 6) is 0.550. The second kappa shape index (κ2) is 5.04. The number of hydrogen-bond acceptors (Lipinski definition) is 3. The molecule has 2 rings (SSSR count). The van der Waals surface area contributed by atoms with Crippen molar-refractivity contribution in [1.29, 1.82) is 0 Å². The highest BCUT2D eigenvalue weighted by Gasteiger charge is 2.39. The Balaban J connectivity index is 1.99. The number of amides is 2. The molecule has 1 unspecified atom stereocenters. The van der Waals surface area contributed by atoms with Crippen molar-refractivity contribution in [2.24, 2.45) is 5.92 Å². The second-order valence-corrected chi connectivity index (χ2v) is 4.99. The van der Waals surface area contributed by atoms with E-state index in [2.05, 4.69) is 0 Å². The van der Waals surface area contributed by atoms with E-state index in [1.54, 1.807) is 9.80 Å². The van der Waals surface area contributed by atoms with Gasteiger partial charge in [-0.1, -0.05) is 0 Å². The number of carbonyl (C=O) groups is 2. The van der Waals surface area contributed by atoms with Gasteiger partial charge in [0.1, 0.15) is 5.78 Å². The number of rotatable bonds is 3. The third-order valence-electron chi connectivity index (χ3n) is 3.70. The maximum absolute atomic E-state index is 12.0.